The van der Waals surface area contributed by atoms with Crippen LogP contribution >= 0.6 is 0 Å². The standard InChI is InChI=1S/C13H18N4/c14-7-13(3-4-13)8-15-6-10-1-2-11-12(5-10)17-9-16-11/h1-2,5,9,15H,3-4,6-8,14H2,(H,16,17). The number of hydrogen-bond acceptors (Lipinski definition) is 3. The van der Waals surface area contributed by atoms with E-state index in [9.17, 15) is 0 Å². The first kappa shape index (κ1) is 10.7. The molecular weight excluding hydrogens is 212 g/mol. The van der Waals surface area contributed by atoms with Gasteiger partial charge in [0.1, 0.15) is 0 Å². The van der Waals surface area contributed by atoms with Gasteiger partial charge in [0.05, 0.1) is 17.4 Å². The van der Waals surface area contributed by atoms with Crippen molar-refractivity contribution in [2.45, 2.75) is 19.4 Å². The lowest BCUT2D eigenvalue weighted by molar-refractivity contribution is 0.468. The van der Waals surface area contributed by atoms with Crippen LogP contribution in [0.5, 0.6) is 0 Å². The second kappa shape index (κ2) is 4.13. The molecule has 0 bridgehead atoms. The topological polar surface area (TPSA) is 66.7 Å². The van der Waals surface area contributed by atoms with Crippen LogP contribution in [0, 0.1) is 5.41 Å². The molecule has 0 spiro atoms. The largest absolute Gasteiger partial charge is 0.345 e. The number of H-pyrrole nitrogens is 1. The lowest BCUT2D eigenvalue weighted by atomic mass is 10.1. The van der Waals surface area contributed by atoms with E-state index in [1.807, 2.05) is 0 Å². The quantitative estimate of drug-likeness (QED) is 0.727. The summed E-state index contributed by atoms with van der Waals surface area (Å²) in [6, 6.07) is 6.33. The average Bonchev–Trinajstić information content (AvgIpc) is 2.98. The van der Waals surface area contributed by atoms with Crippen molar-refractivity contribution in [3.8, 4) is 0 Å². The first-order valence-electron chi connectivity index (χ1n) is 6.14. The van der Waals surface area contributed by atoms with Gasteiger partial charge in [-0.1, -0.05) is 6.07 Å². The maximum atomic E-state index is 5.76. The summed E-state index contributed by atoms with van der Waals surface area (Å²) in [5, 5.41) is 3.50. The molecule has 90 valence electrons. The van der Waals surface area contributed by atoms with Gasteiger partial charge in [-0.3, -0.25) is 0 Å². The van der Waals surface area contributed by atoms with E-state index >= 15 is 0 Å². The van der Waals surface area contributed by atoms with Crippen LogP contribution < -0.4 is 11.1 Å². The van der Waals surface area contributed by atoms with E-state index in [1.54, 1.807) is 6.33 Å². The molecule has 0 amide bonds. The number of fused-ring (bicyclic) bond motifs is 1. The fourth-order valence-electron chi connectivity index (χ4n) is 2.19. The van der Waals surface area contributed by atoms with Crippen LogP contribution in [0.25, 0.3) is 11.0 Å². The molecule has 1 aromatic heterocycles. The second-order valence-corrected chi connectivity index (χ2v) is 5.06. The van der Waals surface area contributed by atoms with Gasteiger partial charge in [-0.25, -0.2) is 4.98 Å². The summed E-state index contributed by atoms with van der Waals surface area (Å²) in [6.45, 7) is 2.74. The second-order valence-electron chi connectivity index (χ2n) is 5.06. The van der Waals surface area contributed by atoms with Gasteiger partial charge in [-0.2, -0.15) is 0 Å². The number of nitrogens with two attached hydrogens (primary N) is 1. The summed E-state index contributed by atoms with van der Waals surface area (Å²) >= 11 is 0. The Balaban J connectivity index is 1.60. The van der Waals surface area contributed by atoms with Crippen molar-refractivity contribution in [3.63, 3.8) is 0 Å². The van der Waals surface area contributed by atoms with Crippen molar-refractivity contribution in [3.05, 3.63) is 30.1 Å². The minimum atomic E-state index is 0.401. The molecule has 1 heterocycles. The minimum Gasteiger partial charge on any atom is -0.345 e. The number of aromatic amines is 1. The molecular formula is C13H18N4. The molecule has 1 aliphatic rings. The van der Waals surface area contributed by atoms with Crippen LogP contribution in [0.2, 0.25) is 0 Å². The predicted octanol–water partition coefficient (Wildman–Crippen LogP) is 1.39. The third kappa shape index (κ3) is 2.18. The molecule has 1 aliphatic carbocycles. The monoisotopic (exact) mass is 230 g/mol. The summed E-state index contributed by atoms with van der Waals surface area (Å²) in [4.78, 5) is 7.34. The molecule has 0 unspecified atom stereocenters. The molecule has 17 heavy (non-hydrogen) atoms. The van der Waals surface area contributed by atoms with Gasteiger partial charge in [0.2, 0.25) is 0 Å². The zero-order chi connectivity index (χ0) is 11.7. The average molecular weight is 230 g/mol. The van der Waals surface area contributed by atoms with Crippen LogP contribution in [0.15, 0.2) is 24.5 Å². The van der Waals surface area contributed by atoms with E-state index in [0.717, 1.165) is 30.7 Å². The predicted molar refractivity (Wildman–Crippen MR) is 68.5 cm³/mol. The van der Waals surface area contributed by atoms with Crippen molar-refractivity contribution in [1.29, 1.82) is 0 Å². The van der Waals surface area contributed by atoms with Crippen LogP contribution in [0.4, 0.5) is 0 Å². The Morgan fingerprint density at radius 2 is 2.29 bits per heavy atom. The smallest absolute Gasteiger partial charge is 0.0931 e. The molecule has 0 aliphatic heterocycles. The van der Waals surface area contributed by atoms with Crippen molar-refractivity contribution < 1.29 is 0 Å². The maximum absolute atomic E-state index is 5.76. The molecule has 0 radical (unpaired) electrons. The molecule has 1 aromatic carbocycles. The van der Waals surface area contributed by atoms with Crippen molar-refractivity contribution in [2.75, 3.05) is 13.1 Å². The van der Waals surface area contributed by atoms with Crippen LogP contribution in [0.1, 0.15) is 18.4 Å². The molecule has 1 fully saturated rings. The van der Waals surface area contributed by atoms with Crippen LogP contribution in [-0.2, 0) is 6.54 Å². The van der Waals surface area contributed by atoms with Gasteiger partial charge >= 0.3 is 0 Å². The SMILES string of the molecule is NCC1(CNCc2ccc3nc[nH]c3c2)CC1. The number of benzene rings is 1. The van der Waals surface area contributed by atoms with Gasteiger partial charge in [0, 0.05) is 13.1 Å². The highest BCUT2D eigenvalue weighted by Crippen LogP contribution is 2.43. The molecule has 4 heteroatoms. The summed E-state index contributed by atoms with van der Waals surface area (Å²) in [7, 11) is 0. The fourth-order valence-corrected chi connectivity index (χ4v) is 2.19. The number of rotatable bonds is 5. The third-order valence-corrected chi connectivity index (χ3v) is 3.70. The number of nitrogens with one attached hydrogen (secondary N) is 2. The summed E-state index contributed by atoms with van der Waals surface area (Å²) in [5.41, 5.74) is 9.57. The Morgan fingerprint density at radius 1 is 1.41 bits per heavy atom. The van der Waals surface area contributed by atoms with Crippen LogP contribution in [-0.4, -0.2) is 23.1 Å². The Hall–Kier alpha value is -1.39. The lowest BCUT2D eigenvalue weighted by Crippen LogP contribution is -2.29. The zero-order valence-corrected chi connectivity index (χ0v) is 9.87. The summed E-state index contributed by atoms with van der Waals surface area (Å²) in [5.74, 6) is 0. The van der Waals surface area contributed by atoms with Crippen molar-refractivity contribution >= 4 is 11.0 Å². The first-order valence-corrected chi connectivity index (χ1v) is 6.14. The van der Waals surface area contributed by atoms with E-state index in [2.05, 4.69) is 33.5 Å². The van der Waals surface area contributed by atoms with E-state index in [-0.39, 0.29) is 0 Å². The third-order valence-electron chi connectivity index (χ3n) is 3.70. The van der Waals surface area contributed by atoms with E-state index in [0.29, 0.717) is 5.41 Å². The minimum absolute atomic E-state index is 0.401. The molecule has 1 saturated carbocycles. The normalized spacial score (nSPS) is 17.5. The molecule has 4 nitrogen and oxygen atoms in total. The Kier molecular flexibility index (Phi) is 2.61. The molecule has 3 rings (SSSR count). The highest BCUT2D eigenvalue weighted by Gasteiger charge is 2.40. The number of aromatic nitrogens is 2. The molecule has 0 saturated heterocycles. The summed E-state index contributed by atoms with van der Waals surface area (Å²) in [6.07, 6.45) is 4.28. The lowest BCUT2D eigenvalue weighted by Gasteiger charge is -2.13. The Labute approximate surface area is 101 Å². The Bertz CT molecular complexity index is 513. The molecule has 2 aromatic rings. The number of hydrogen-bond donors (Lipinski definition) is 3. The van der Waals surface area contributed by atoms with E-state index in [1.165, 1.54) is 18.4 Å². The Morgan fingerprint density at radius 3 is 3.06 bits per heavy atom. The number of nitrogens with zero attached hydrogens (tertiary/aromatic N) is 1. The van der Waals surface area contributed by atoms with Gasteiger partial charge in [0.15, 0.2) is 0 Å². The molecule has 4 N–H and O–H groups in total. The highest BCUT2D eigenvalue weighted by molar-refractivity contribution is 5.74. The molecule has 0 atom stereocenters. The van der Waals surface area contributed by atoms with Gasteiger partial charge in [0.25, 0.3) is 0 Å². The fraction of sp³-hybridized carbons (Fsp3) is 0.462. The van der Waals surface area contributed by atoms with E-state index < -0.39 is 0 Å². The van der Waals surface area contributed by atoms with Crippen LogP contribution in [0.3, 0.4) is 0 Å². The van der Waals surface area contributed by atoms with Gasteiger partial charge in [-0.15, -0.1) is 0 Å². The van der Waals surface area contributed by atoms with Crippen molar-refractivity contribution in [2.24, 2.45) is 11.1 Å². The maximum Gasteiger partial charge on any atom is 0.0931 e. The van der Waals surface area contributed by atoms with Crippen molar-refractivity contribution in [1.82, 2.24) is 15.3 Å². The van der Waals surface area contributed by atoms with E-state index in [4.69, 9.17) is 5.73 Å². The highest BCUT2D eigenvalue weighted by atomic mass is 14.9. The zero-order valence-electron chi connectivity index (χ0n) is 9.87. The van der Waals surface area contributed by atoms with Gasteiger partial charge in [-0.05, 0) is 42.5 Å². The first-order chi connectivity index (χ1) is 8.31. The summed E-state index contributed by atoms with van der Waals surface area (Å²) < 4.78 is 0. The van der Waals surface area contributed by atoms with Gasteiger partial charge < -0.3 is 16.0 Å². The number of imidazole rings is 1.